The van der Waals surface area contributed by atoms with Crippen LogP contribution in [0.2, 0.25) is 0 Å². The lowest BCUT2D eigenvalue weighted by atomic mass is 10.00. The first-order chi connectivity index (χ1) is 14.9. The van der Waals surface area contributed by atoms with Gasteiger partial charge in [-0.2, -0.15) is 13.2 Å². The second-order valence-corrected chi connectivity index (χ2v) is 7.62. The molecule has 0 saturated heterocycles. The third-order valence-corrected chi connectivity index (χ3v) is 5.58. The Morgan fingerprint density at radius 2 is 1.87 bits per heavy atom. The Morgan fingerprint density at radius 1 is 1.10 bits per heavy atom. The highest BCUT2D eigenvalue weighted by atomic mass is 32.1. The van der Waals surface area contributed by atoms with E-state index in [0.29, 0.717) is 24.0 Å². The summed E-state index contributed by atoms with van der Waals surface area (Å²) in [5.41, 5.74) is 1.70. The van der Waals surface area contributed by atoms with E-state index >= 15 is 0 Å². The van der Waals surface area contributed by atoms with Crippen LogP contribution < -0.4 is 10.1 Å². The Labute approximate surface area is 184 Å². The first-order valence-electron chi connectivity index (χ1n) is 9.99. The van der Waals surface area contributed by atoms with Gasteiger partial charge in [0.2, 0.25) is 0 Å². The Bertz CT molecular complexity index is 1060. The molecule has 1 aliphatic heterocycles. The molecule has 162 valence electrons. The Morgan fingerprint density at radius 3 is 2.58 bits per heavy atom. The van der Waals surface area contributed by atoms with E-state index in [1.54, 1.807) is 6.07 Å². The molecule has 0 saturated carbocycles. The standard InChI is InChI=1S/C23H22F3N3OS/c1-2-30-19-10-8-16(9-11-19)21-20-7-4-12-28(20)13-14-29(21)22(31)27-18-6-3-5-17(15-18)23(24,25)26/h3-12,15,21H,2,13-14H2,1H3,(H,27,31)/t21-/m0/s1. The molecule has 4 nitrogen and oxygen atoms in total. The summed E-state index contributed by atoms with van der Waals surface area (Å²) < 4.78 is 46.9. The van der Waals surface area contributed by atoms with E-state index in [-0.39, 0.29) is 6.04 Å². The fourth-order valence-corrected chi connectivity index (χ4v) is 4.15. The molecular formula is C23H22F3N3OS. The Hall–Kier alpha value is -3.00. The lowest BCUT2D eigenvalue weighted by Crippen LogP contribution is -2.44. The average molecular weight is 446 g/mol. The van der Waals surface area contributed by atoms with Gasteiger partial charge in [-0.1, -0.05) is 18.2 Å². The molecule has 31 heavy (non-hydrogen) atoms. The number of halogens is 3. The maximum Gasteiger partial charge on any atom is 0.416 e. The van der Waals surface area contributed by atoms with Crippen molar-refractivity contribution >= 4 is 23.0 Å². The van der Waals surface area contributed by atoms with Crippen LogP contribution in [0.5, 0.6) is 5.75 Å². The quantitative estimate of drug-likeness (QED) is 0.521. The first kappa shape index (κ1) is 21.2. The van der Waals surface area contributed by atoms with Crippen LogP contribution in [0.1, 0.15) is 29.8 Å². The Balaban J connectivity index is 1.62. The maximum atomic E-state index is 13.1. The summed E-state index contributed by atoms with van der Waals surface area (Å²) in [5, 5.41) is 3.38. The molecule has 3 aromatic rings. The monoisotopic (exact) mass is 445 g/mol. The van der Waals surface area contributed by atoms with Crippen molar-refractivity contribution in [2.45, 2.75) is 25.7 Å². The van der Waals surface area contributed by atoms with Gasteiger partial charge in [0.25, 0.3) is 0 Å². The van der Waals surface area contributed by atoms with E-state index in [1.165, 1.54) is 6.07 Å². The van der Waals surface area contributed by atoms with Crippen molar-refractivity contribution in [2.24, 2.45) is 0 Å². The van der Waals surface area contributed by atoms with Gasteiger partial charge in [-0.05, 0) is 67.2 Å². The van der Waals surface area contributed by atoms with Crippen molar-refractivity contribution in [2.75, 3.05) is 18.5 Å². The summed E-state index contributed by atoms with van der Waals surface area (Å²) in [4.78, 5) is 2.01. The van der Waals surface area contributed by atoms with Gasteiger partial charge in [0.15, 0.2) is 5.11 Å². The molecule has 1 N–H and O–H groups in total. The molecule has 0 aliphatic carbocycles. The van der Waals surface area contributed by atoms with Crippen LogP contribution in [0.25, 0.3) is 0 Å². The molecule has 0 unspecified atom stereocenters. The number of benzene rings is 2. The highest BCUT2D eigenvalue weighted by Gasteiger charge is 2.32. The van der Waals surface area contributed by atoms with E-state index in [4.69, 9.17) is 17.0 Å². The maximum absolute atomic E-state index is 13.1. The highest BCUT2D eigenvalue weighted by molar-refractivity contribution is 7.80. The van der Waals surface area contributed by atoms with Gasteiger partial charge in [-0.3, -0.25) is 0 Å². The van der Waals surface area contributed by atoms with Gasteiger partial charge in [0.05, 0.1) is 18.2 Å². The van der Waals surface area contributed by atoms with Crippen LogP contribution in [-0.4, -0.2) is 27.7 Å². The van der Waals surface area contributed by atoms with E-state index < -0.39 is 11.7 Å². The fraction of sp³-hybridized carbons (Fsp3) is 0.261. The fourth-order valence-electron chi connectivity index (χ4n) is 3.83. The predicted molar refractivity (Wildman–Crippen MR) is 118 cm³/mol. The van der Waals surface area contributed by atoms with E-state index in [9.17, 15) is 13.2 Å². The number of hydrogen-bond acceptors (Lipinski definition) is 2. The van der Waals surface area contributed by atoms with Gasteiger partial charge in [-0.25, -0.2) is 0 Å². The van der Waals surface area contributed by atoms with Gasteiger partial charge in [0.1, 0.15) is 5.75 Å². The highest BCUT2D eigenvalue weighted by Crippen LogP contribution is 2.35. The van der Waals surface area contributed by atoms with Crippen LogP contribution in [-0.2, 0) is 12.7 Å². The van der Waals surface area contributed by atoms with Crippen molar-refractivity contribution in [1.29, 1.82) is 0 Å². The molecule has 0 bridgehead atoms. The summed E-state index contributed by atoms with van der Waals surface area (Å²) in [6.07, 6.45) is -2.38. The Kier molecular flexibility index (Phi) is 5.91. The number of nitrogens with zero attached hydrogens (tertiary/aromatic N) is 2. The number of fused-ring (bicyclic) bond motifs is 1. The molecule has 0 amide bonds. The van der Waals surface area contributed by atoms with Crippen molar-refractivity contribution in [3.05, 3.63) is 83.7 Å². The minimum absolute atomic E-state index is 0.162. The van der Waals surface area contributed by atoms with Crippen molar-refractivity contribution in [3.8, 4) is 5.75 Å². The number of anilines is 1. The minimum atomic E-state index is -4.41. The zero-order valence-corrected chi connectivity index (χ0v) is 17.7. The molecule has 8 heteroatoms. The summed E-state index contributed by atoms with van der Waals surface area (Å²) >= 11 is 5.64. The number of ether oxygens (including phenoxy) is 1. The van der Waals surface area contributed by atoms with Crippen molar-refractivity contribution in [1.82, 2.24) is 9.47 Å². The molecule has 2 aromatic carbocycles. The van der Waals surface area contributed by atoms with Crippen LogP contribution in [0.4, 0.5) is 18.9 Å². The number of thiocarbonyl (C=S) groups is 1. The minimum Gasteiger partial charge on any atom is -0.494 e. The summed E-state index contributed by atoms with van der Waals surface area (Å²) in [6.45, 7) is 3.88. The molecular weight excluding hydrogens is 423 g/mol. The summed E-state index contributed by atoms with van der Waals surface area (Å²) in [6, 6.07) is 16.8. The third-order valence-electron chi connectivity index (χ3n) is 5.25. The second kappa shape index (κ2) is 8.63. The smallest absolute Gasteiger partial charge is 0.416 e. The van der Waals surface area contributed by atoms with E-state index in [0.717, 1.165) is 35.7 Å². The summed E-state index contributed by atoms with van der Waals surface area (Å²) in [5.74, 6) is 0.786. The predicted octanol–water partition coefficient (Wildman–Crippen LogP) is 5.71. The molecule has 1 atom stereocenters. The van der Waals surface area contributed by atoms with Crippen LogP contribution in [0.3, 0.4) is 0 Å². The van der Waals surface area contributed by atoms with Gasteiger partial charge >= 0.3 is 6.18 Å². The average Bonchev–Trinajstić information content (AvgIpc) is 3.22. The van der Waals surface area contributed by atoms with Crippen molar-refractivity contribution < 1.29 is 17.9 Å². The number of rotatable bonds is 4. The van der Waals surface area contributed by atoms with E-state index in [2.05, 4.69) is 9.88 Å². The van der Waals surface area contributed by atoms with Gasteiger partial charge < -0.3 is 19.5 Å². The molecule has 0 spiro atoms. The third kappa shape index (κ3) is 4.54. The number of alkyl halides is 3. The van der Waals surface area contributed by atoms with Crippen LogP contribution in [0.15, 0.2) is 66.9 Å². The largest absolute Gasteiger partial charge is 0.494 e. The number of hydrogen-bond donors (Lipinski definition) is 1. The normalized spacial score (nSPS) is 16.0. The van der Waals surface area contributed by atoms with Crippen LogP contribution in [0, 0.1) is 0 Å². The molecule has 2 heterocycles. The second-order valence-electron chi connectivity index (χ2n) is 7.23. The molecule has 4 rings (SSSR count). The lowest BCUT2D eigenvalue weighted by Gasteiger charge is -2.39. The molecule has 1 aliphatic rings. The van der Waals surface area contributed by atoms with Crippen LogP contribution >= 0.6 is 12.2 Å². The van der Waals surface area contributed by atoms with Gasteiger partial charge in [0, 0.05) is 30.7 Å². The topological polar surface area (TPSA) is 29.4 Å². The van der Waals surface area contributed by atoms with Gasteiger partial charge in [-0.15, -0.1) is 0 Å². The number of nitrogens with one attached hydrogen (secondary N) is 1. The number of aromatic nitrogens is 1. The zero-order valence-electron chi connectivity index (χ0n) is 16.9. The summed E-state index contributed by atoms with van der Waals surface area (Å²) in [7, 11) is 0. The van der Waals surface area contributed by atoms with Crippen molar-refractivity contribution in [3.63, 3.8) is 0 Å². The first-order valence-corrected chi connectivity index (χ1v) is 10.4. The zero-order chi connectivity index (χ0) is 22.0. The molecule has 1 aromatic heterocycles. The molecule has 0 radical (unpaired) electrons. The van der Waals surface area contributed by atoms with E-state index in [1.807, 2.05) is 54.4 Å². The lowest BCUT2D eigenvalue weighted by molar-refractivity contribution is -0.137. The molecule has 0 fully saturated rings. The SMILES string of the molecule is CCOc1ccc([C@H]2c3cccn3CCN2C(=S)Nc2cccc(C(F)(F)F)c2)cc1.